The van der Waals surface area contributed by atoms with Gasteiger partial charge < -0.3 is 10.2 Å². The number of halogens is 3. The fourth-order valence-electron chi connectivity index (χ4n) is 2.82. The number of rotatable bonds is 0. The van der Waals surface area contributed by atoms with Crippen molar-refractivity contribution in [3.63, 3.8) is 0 Å². The SMILES string of the molecule is O=C(N1CCC2(CCNCC2)CC1)C(F)(F)F. The molecule has 0 radical (unpaired) electrons. The van der Waals surface area contributed by atoms with Crippen molar-refractivity contribution in [1.82, 2.24) is 10.2 Å². The third-order valence-electron chi connectivity index (χ3n) is 4.02. The molecule has 0 unspecified atom stereocenters. The lowest BCUT2D eigenvalue weighted by Crippen LogP contribution is -2.50. The summed E-state index contributed by atoms with van der Waals surface area (Å²) in [5.74, 6) is -1.68. The first-order valence-electron chi connectivity index (χ1n) is 6.00. The lowest BCUT2D eigenvalue weighted by Gasteiger charge is -2.44. The zero-order chi connectivity index (χ0) is 12.5. The average molecular weight is 250 g/mol. The van der Waals surface area contributed by atoms with E-state index in [0.717, 1.165) is 30.8 Å². The van der Waals surface area contributed by atoms with Crippen molar-refractivity contribution in [3.8, 4) is 0 Å². The van der Waals surface area contributed by atoms with Gasteiger partial charge in [-0.1, -0.05) is 0 Å². The highest BCUT2D eigenvalue weighted by atomic mass is 19.4. The molecule has 0 atom stereocenters. The number of carbonyl (C=O) groups excluding carboxylic acids is 1. The quantitative estimate of drug-likeness (QED) is 0.707. The second kappa shape index (κ2) is 4.48. The maximum absolute atomic E-state index is 12.3. The van der Waals surface area contributed by atoms with Crippen LogP contribution in [0.1, 0.15) is 25.7 Å². The number of likely N-dealkylation sites (tertiary alicyclic amines) is 1. The van der Waals surface area contributed by atoms with E-state index in [2.05, 4.69) is 5.32 Å². The number of hydrogen-bond donors (Lipinski definition) is 1. The predicted molar refractivity (Wildman–Crippen MR) is 56.4 cm³/mol. The van der Waals surface area contributed by atoms with Gasteiger partial charge in [0.25, 0.3) is 0 Å². The van der Waals surface area contributed by atoms with Crippen molar-refractivity contribution in [2.24, 2.45) is 5.41 Å². The van der Waals surface area contributed by atoms with Crippen molar-refractivity contribution in [3.05, 3.63) is 0 Å². The van der Waals surface area contributed by atoms with Crippen molar-refractivity contribution >= 4 is 5.91 Å². The molecule has 1 amide bonds. The third kappa shape index (κ3) is 2.73. The van der Waals surface area contributed by atoms with Crippen molar-refractivity contribution in [1.29, 1.82) is 0 Å². The van der Waals surface area contributed by atoms with Crippen LogP contribution in [-0.4, -0.2) is 43.2 Å². The molecule has 1 spiro atoms. The highest BCUT2D eigenvalue weighted by molar-refractivity contribution is 5.81. The Kier molecular flexibility index (Phi) is 3.34. The molecule has 2 saturated heterocycles. The molecular weight excluding hydrogens is 233 g/mol. The molecule has 2 aliphatic rings. The fraction of sp³-hybridized carbons (Fsp3) is 0.909. The summed E-state index contributed by atoms with van der Waals surface area (Å²) < 4.78 is 36.8. The molecule has 17 heavy (non-hydrogen) atoms. The Labute approximate surface area is 98.3 Å². The van der Waals surface area contributed by atoms with Gasteiger partial charge in [-0.05, 0) is 44.2 Å². The van der Waals surface area contributed by atoms with Crippen LogP contribution in [0.25, 0.3) is 0 Å². The molecule has 2 aliphatic heterocycles. The van der Waals surface area contributed by atoms with Crippen LogP contribution >= 0.6 is 0 Å². The minimum atomic E-state index is -4.72. The molecule has 6 heteroatoms. The largest absolute Gasteiger partial charge is 0.471 e. The van der Waals surface area contributed by atoms with Gasteiger partial charge in [-0.2, -0.15) is 13.2 Å². The Morgan fingerprint density at radius 2 is 1.59 bits per heavy atom. The van der Waals surface area contributed by atoms with Crippen LogP contribution in [0.5, 0.6) is 0 Å². The predicted octanol–water partition coefficient (Wildman–Crippen LogP) is 1.54. The normalized spacial score (nSPS) is 25.0. The standard InChI is InChI=1S/C11H17F3N2O/c12-11(13,14)9(17)16-7-3-10(4-8-16)1-5-15-6-2-10/h15H,1-8H2. The maximum atomic E-state index is 12.3. The average Bonchev–Trinajstić information content (AvgIpc) is 2.29. The first-order valence-corrected chi connectivity index (χ1v) is 6.00. The lowest BCUT2D eigenvalue weighted by atomic mass is 9.71. The number of piperidine rings is 2. The van der Waals surface area contributed by atoms with Gasteiger partial charge in [0.05, 0.1) is 0 Å². The smallest absolute Gasteiger partial charge is 0.335 e. The van der Waals surface area contributed by atoms with E-state index in [1.807, 2.05) is 0 Å². The molecule has 2 fully saturated rings. The van der Waals surface area contributed by atoms with E-state index in [0.29, 0.717) is 12.8 Å². The minimum Gasteiger partial charge on any atom is -0.335 e. The Balaban J connectivity index is 1.91. The Morgan fingerprint density at radius 3 is 2.06 bits per heavy atom. The lowest BCUT2D eigenvalue weighted by molar-refractivity contribution is -0.187. The number of alkyl halides is 3. The van der Waals surface area contributed by atoms with Crippen molar-refractivity contribution < 1.29 is 18.0 Å². The van der Waals surface area contributed by atoms with E-state index in [1.165, 1.54) is 0 Å². The summed E-state index contributed by atoms with van der Waals surface area (Å²) in [6.07, 6.45) is -1.28. The van der Waals surface area contributed by atoms with E-state index < -0.39 is 12.1 Å². The Hall–Kier alpha value is -0.780. The zero-order valence-corrected chi connectivity index (χ0v) is 9.65. The molecule has 0 bridgehead atoms. The van der Waals surface area contributed by atoms with Gasteiger partial charge in [0.1, 0.15) is 0 Å². The summed E-state index contributed by atoms with van der Waals surface area (Å²) in [4.78, 5) is 12.0. The summed E-state index contributed by atoms with van der Waals surface area (Å²) in [7, 11) is 0. The van der Waals surface area contributed by atoms with Gasteiger partial charge in [0.15, 0.2) is 0 Å². The van der Waals surface area contributed by atoms with Crippen LogP contribution in [0.2, 0.25) is 0 Å². The Bertz CT molecular complexity index is 288. The highest BCUT2D eigenvalue weighted by Gasteiger charge is 2.45. The molecule has 0 aromatic rings. The van der Waals surface area contributed by atoms with Crippen LogP contribution < -0.4 is 5.32 Å². The van der Waals surface area contributed by atoms with Gasteiger partial charge in [-0.15, -0.1) is 0 Å². The summed E-state index contributed by atoms with van der Waals surface area (Å²) in [5.41, 5.74) is 0.174. The maximum Gasteiger partial charge on any atom is 0.471 e. The molecule has 2 rings (SSSR count). The van der Waals surface area contributed by atoms with Gasteiger partial charge in [0, 0.05) is 13.1 Å². The van der Waals surface area contributed by atoms with E-state index >= 15 is 0 Å². The summed E-state index contributed by atoms with van der Waals surface area (Å²) >= 11 is 0. The van der Waals surface area contributed by atoms with E-state index in [4.69, 9.17) is 0 Å². The van der Waals surface area contributed by atoms with E-state index in [1.54, 1.807) is 0 Å². The second-order valence-electron chi connectivity index (χ2n) is 5.04. The Morgan fingerprint density at radius 1 is 1.06 bits per heavy atom. The number of nitrogens with one attached hydrogen (secondary N) is 1. The van der Waals surface area contributed by atoms with Gasteiger partial charge in [-0.25, -0.2) is 0 Å². The molecular formula is C11H17F3N2O. The summed E-state index contributed by atoms with van der Waals surface area (Å²) in [6, 6.07) is 0. The third-order valence-corrected chi connectivity index (χ3v) is 4.02. The van der Waals surface area contributed by atoms with Gasteiger partial charge in [0.2, 0.25) is 0 Å². The molecule has 0 saturated carbocycles. The van der Waals surface area contributed by atoms with E-state index in [-0.39, 0.29) is 18.5 Å². The zero-order valence-electron chi connectivity index (χ0n) is 9.65. The van der Waals surface area contributed by atoms with Crippen molar-refractivity contribution in [2.75, 3.05) is 26.2 Å². The molecule has 0 aromatic carbocycles. The summed E-state index contributed by atoms with van der Waals surface area (Å²) in [5, 5.41) is 3.25. The van der Waals surface area contributed by atoms with Crippen LogP contribution in [0.15, 0.2) is 0 Å². The molecule has 0 aliphatic carbocycles. The second-order valence-corrected chi connectivity index (χ2v) is 5.04. The fourth-order valence-corrected chi connectivity index (χ4v) is 2.82. The molecule has 98 valence electrons. The minimum absolute atomic E-state index is 0.174. The number of carbonyl (C=O) groups is 1. The molecule has 0 aromatic heterocycles. The number of hydrogen-bond acceptors (Lipinski definition) is 2. The van der Waals surface area contributed by atoms with Gasteiger partial charge in [-0.3, -0.25) is 4.79 Å². The van der Waals surface area contributed by atoms with E-state index in [9.17, 15) is 18.0 Å². The molecule has 3 nitrogen and oxygen atoms in total. The van der Waals surface area contributed by atoms with Crippen LogP contribution in [0.3, 0.4) is 0 Å². The van der Waals surface area contributed by atoms with Crippen molar-refractivity contribution in [2.45, 2.75) is 31.9 Å². The highest BCUT2D eigenvalue weighted by Crippen LogP contribution is 2.40. The van der Waals surface area contributed by atoms with Crippen LogP contribution in [-0.2, 0) is 4.79 Å². The summed E-state index contributed by atoms with van der Waals surface area (Å²) in [6.45, 7) is 2.37. The number of nitrogens with zero attached hydrogens (tertiary/aromatic N) is 1. The first-order chi connectivity index (χ1) is 7.93. The first kappa shape index (κ1) is 12.7. The monoisotopic (exact) mass is 250 g/mol. The van der Waals surface area contributed by atoms with Crippen LogP contribution in [0.4, 0.5) is 13.2 Å². The topological polar surface area (TPSA) is 32.3 Å². The number of amides is 1. The van der Waals surface area contributed by atoms with Crippen LogP contribution in [0, 0.1) is 5.41 Å². The van der Waals surface area contributed by atoms with Gasteiger partial charge >= 0.3 is 12.1 Å². The molecule has 2 heterocycles. The molecule has 1 N–H and O–H groups in total.